The Balaban J connectivity index is 0.00000220. The highest BCUT2D eigenvalue weighted by Crippen LogP contribution is 2.20. The third-order valence-electron chi connectivity index (χ3n) is 3.69. The van der Waals surface area contributed by atoms with Gasteiger partial charge in [0.1, 0.15) is 10.6 Å². The molecule has 1 aliphatic rings. The summed E-state index contributed by atoms with van der Waals surface area (Å²) >= 11 is 0. The summed E-state index contributed by atoms with van der Waals surface area (Å²) in [5, 5.41) is 3.71. The van der Waals surface area contributed by atoms with E-state index in [1.807, 2.05) is 0 Å². The molecule has 1 fully saturated rings. The number of halogens is 1. The molecule has 1 aliphatic heterocycles. The molecule has 8 heteroatoms. The van der Waals surface area contributed by atoms with E-state index in [9.17, 15) is 8.42 Å². The van der Waals surface area contributed by atoms with E-state index < -0.39 is 10.0 Å². The Bertz CT molecular complexity index is 532. The molecule has 21 heavy (non-hydrogen) atoms. The number of piperidine rings is 1. The second-order valence-corrected chi connectivity index (χ2v) is 7.04. The van der Waals surface area contributed by atoms with Gasteiger partial charge in [0.05, 0.1) is 0 Å². The van der Waals surface area contributed by atoms with Gasteiger partial charge in [0.15, 0.2) is 5.76 Å². The van der Waals surface area contributed by atoms with Crippen LogP contribution in [0.2, 0.25) is 0 Å². The van der Waals surface area contributed by atoms with Gasteiger partial charge in [-0.05, 0) is 52.7 Å². The van der Waals surface area contributed by atoms with E-state index in [1.54, 1.807) is 13.8 Å². The van der Waals surface area contributed by atoms with E-state index in [4.69, 9.17) is 4.52 Å². The van der Waals surface area contributed by atoms with Gasteiger partial charge >= 0.3 is 0 Å². The lowest BCUT2D eigenvalue weighted by molar-refractivity contribution is 0.208. The molecule has 1 N–H and O–H groups in total. The van der Waals surface area contributed by atoms with Crippen LogP contribution < -0.4 is 4.72 Å². The molecule has 1 aromatic rings. The van der Waals surface area contributed by atoms with Crippen molar-refractivity contribution < 1.29 is 12.9 Å². The fourth-order valence-electron chi connectivity index (χ4n) is 2.73. The van der Waals surface area contributed by atoms with Crippen molar-refractivity contribution in [2.45, 2.75) is 51.0 Å². The molecule has 0 amide bonds. The fourth-order valence-corrected chi connectivity index (χ4v) is 4.36. The largest absolute Gasteiger partial charge is 0.360 e. The summed E-state index contributed by atoms with van der Waals surface area (Å²) in [7, 11) is -3.53. The average Bonchev–Trinajstić information content (AvgIpc) is 2.72. The van der Waals surface area contributed by atoms with Crippen molar-refractivity contribution in [1.82, 2.24) is 14.8 Å². The molecule has 0 bridgehead atoms. The predicted octanol–water partition coefficient (Wildman–Crippen LogP) is 1.87. The molecule has 2 heterocycles. The number of aromatic nitrogens is 1. The molecular formula is C13H24ClN3O3S. The van der Waals surface area contributed by atoms with Crippen LogP contribution in [-0.4, -0.2) is 44.2 Å². The van der Waals surface area contributed by atoms with Gasteiger partial charge in [-0.3, -0.25) is 0 Å². The lowest BCUT2D eigenvalue weighted by Gasteiger charge is -2.31. The van der Waals surface area contributed by atoms with Gasteiger partial charge in [-0.1, -0.05) is 12.1 Å². The lowest BCUT2D eigenvalue weighted by Crippen LogP contribution is -2.44. The highest BCUT2D eigenvalue weighted by atomic mass is 35.5. The monoisotopic (exact) mass is 337 g/mol. The summed E-state index contributed by atoms with van der Waals surface area (Å²) in [5.74, 6) is 0.346. The third-order valence-corrected chi connectivity index (χ3v) is 5.45. The molecule has 0 unspecified atom stereocenters. The van der Waals surface area contributed by atoms with E-state index in [2.05, 4.69) is 21.7 Å². The number of hydrogen-bond donors (Lipinski definition) is 1. The van der Waals surface area contributed by atoms with Gasteiger partial charge in [-0.25, -0.2) is 13.1 Å². The van der Waals surface area contributed by atoms with Crippen LogP contribution in [0, 0.1) is 13.8 Å². The van der Waals surface area contributed by atoms with Crippen LogP contribution in [-0.2, 0) is 10.0 Å². The first-order valence-electron chi connectivity index (χ1n) is 7.11. The Morgan fingerprint density at radius 2 is 1.95 bits per heavy atom. The van der Waals surface area contributed by atoms with E-state index >= 15 is 0 Å². The smallest absolute Gasteiger partial charge is 0.246 e. The zero-order chi connectivity index (χ0) is 14.8. The summed E-state index contributed by atoms with van der Waals surface area (Å²) < 4.78 is 32.5. The van der Waals surface area contributed by atoms with Gasteiger partial charge in [0, 0.05) is 6.04 Å². The molecule has 0 spiro atoms. The van der Waals surface area contributed by atoms with Crippen LogP contribution in [0.15, 0.2) is 9.42 Å². The highest BCUT2D eigenvalue weighted by molar-refractivity contribution is 7.89. The van der Waals surface area contributed by atoms with Gasteiger partial charge in [0.25, 0.3) is 0 Å². The maximum absolute atomic E-state index is 12.4. The van der Waals surface area contributed by atoms with E-state index in [0.717, 1.165) is 38.9 Å². The number of nitrogens with one attached hydrogen (secondary N) is 1. The van der Waals surface area contributed by atoms with Crippen molar-refractivity contribution in [3.63, 3.8) is 0 Å². The van der Waals surface area contributed by atoms with E-state index in [0.29, 0.717) is 11.5 Å². The molecular weight excluding hydrogens is 314 g/mol. The molecule has 6 nitrogen and oxygen atoms in total. The van der Waals surface area contributed by atoms with Crippen molar-refractivity contribution >= 4 is 22.4 Å². The fraction of sp³-hybridized carbons (Fsp3) is 0.769. The highest BCUT2D eigenvalue weighted by Gasteiger charge is 2.28. The zero-order valence-electron chi connectivity index (χ0n) is 12.8. The van der Waals surface area contributed by atoms with Crippen molar-refractivity contribution in [3.05, 3.63) is 11.5 Å². The molecule has 1 saturated heterocycles. The minimum absolute atomic E-state index is 0. The first kappa shape index (κ1) is 18.4. The molecule has 0 aromatic carbocycles. The molecule has 122 valence electrons. The number of nitrogens with zero attached hydrogens (tertiary/aromatic N) is 2. The Hall–Kier alpha value is -0.630. The molecule has 0 radical (unpaired) electrons. The maximum atomic E-state index is 12.4. The minimum Gasteiger partial charge on any atom is -0.360 e. The number of likely N-dealkylation sites (tertiary alicyclic amines) is 1. The quantitative estimate of drug-likeness (QED) is 0.887. The Labute approximate surface area is 132 Å². The summed E-state index contributed by atoms with van der Waals surface area (Å²) in [5.41, 5.74) is 0.415. The lowest BCUT2D eigenvalue weighted by atomic mass is 10.1. The Kier molecular flexibility index (Phi) is 6.65. The number of aryl methyl sites for hydroxylation is 2. The Morgan fingerprint density at radius 1 is 1.33 bits per heavy atom. The first-order chi connectivity index (χ1) is 9.44. The molecule has 1 aromatic heterocycles. The number of hydrogen-bond acceptors (Lipinski definition) is 5. The summed E-state index contributed by atoms with van der Waals surface area (Å²) in [6, 6.07) is 0.00167. The standard InChI is InChI=1S/C13H23N3O3S.ClH/c1-4-7-16-8-5-12(6-9-16)15-20(17,18)13-10(2)14-19-11(13)3;/h12,15H,4-9H2,1-3H3;1H. The van der Waals surface area contributed by atoms with Crippen molar-refractivity contribution in [2.75, 3.05) is 19.6 Å². The molecule has 2 rings (SSSR count). The summed E-state index contributed by atoms with van der Waals surface area (Å²) in [4.78, 5) is 2.56. The van der Waals surface area contributed by atoms with Gasteiger partial charge < -0.3 is 9.42 Å². The van der Waals surface area contributed by atoms with E-state index in [-0.39, 0.29) is 23.3 Å². The van der Waals surface area contributed by atoms with Gasteiger partial charge in [-0.15, -0.1) is 12.4 Å². The maximum Gasteiger partial charge on any atom is 0.246 e. The third kappa shape index (κ3) is 4.42. The average molecular weight is 338 g/mol. The number of sulfonamides is 1. The van der Waals surface area contributed by atoms with Gasteiger partial charge in [-0.2, -0.15) is 0 Å². The zero-order valence-corrected chi connectivity index (χ0v) is 14.4. The van der Waals surface area contributed by atoms with Crippen LogP contribution >= 0.6 is 12.4 Å². The summed E-state index contributed by atoms with van der Waals surface area (Å²) in [6.45, 7) is 8.41. The normalized spacial score (nSPS) is 17.7. The molecule has 0 aliphatic carbocycles. The van der Waals surface area contributed by atoms with Crippen LogP contribution in [0.1, 0.15) is 37.6 Å². The SMILES string of the molecule is CCCN1CCC(NS(=O)(=O)c2c(C)noc2C)CC1.Cl. The summed E-state index contributed by atoms with van der Waals surface area (Å²) in [6.07, 6.45) is 2.83. The molecule has 0 atom stereocenters. The second-order valence-electron chi connectivity index (χ2n) is 5.39. The van der Waals surface area contributed by atoms with Crippen LogP contribution in [0.3, 0.4) is 0 Å². The van der Waals surface area contributed by atoms with Crippen molar-refractivity contribution in [2.24, 2.45) is 0 Å². The van der Waals surface area contributed by atoms with Crippen LogP contribution in [0.4, 0.5) is 0 Å². The topological polar surface area (TPSA) is 75.4 Å². The second kappa shape index (κ2) is 7.58. The number of rotatable bonds is 5. The van der Waals surface area contributed by atoms with Crippen molar-refractivity contribution in [3.8, 4) is 0 Å². The van der Waals surface area contributed by atoms with Gasteiger partial charge in [0.2, 0.25) is 10.0 Å². The van der Waals surface area contributed by atoms with Crippen LogP contribution in [0.5, 0.6) is 0 Å². The molecule has 0 saturated carbocycles. The van der Waals surface area contributed by atoms with Crippen molar-refractivity contribution in [1.29, 1.82) is 0 Å². The predicted molar refractivity (Wildman–Crippen MR) is 83.3 cm³/mol. The van der Waals surface area contributed by atoms with E-state index in [1.165, 1.54) is 0 Å². The van der Waals surface area contributed by atoms with Crippen LogP contribution in [0.25, 0.3) is 0 Å². The first-order valence-corrected chi connectivity index (χ1v) is 8.60. The minimum atomic E-state index is -3.53. The Morgan fingerprint density at radius 3 is 2.43 bits per heavy atom.